The van der Waals surface area contributed by atoms with E-state index in [2.05, 4.69) is 24.2 Å². The number of hydrogen-bond donors (Lipinski definition) is 1. The van der Waals surface area contributed by atoms with E-state index in [1.807, 2.05) is 0 Å². The van der Waals surface area contributed by atoms with Crippen molar-refractivity contribution in [3.8, 4) is 0 Å². The Hall–Kier alpha value is -0.810. The predicted molar refractivity (Wildman–Crippen MR) is 99.5 cm³/mol. The molecule has 0 unspecified atom stereocenters. The quantitative estimate of drug-likeness (QED) is 0.518. The first-order chi connectivity index (χ1) is 11.7. The number of guanidine groups is 1. The molecular weight excluding hydrogens is 302 g/mol. The molecule has 5 nitrogen and oxygen atoms in total. The molecule has 0 radical (unpaired) electrons. The number of rotatable bonds is 9. The number of nitrogens with zero attached hydrogens (tertiary/aromatic N) is 2. The third kappa shape index (κ3) is 5.92. The SMILES string of the molecule is CCNC(=NCC1(CCOC)CCC1)N(C)CCC1CCOCC1. The number of methoxy groups -OCH3 is 1. The highest BCUT2D eigenvalue weighted by Gasteiger charge is 2.36. The van der Waals surface area contributed by atoms with E-state index in [1.54, 1.807) is 7.11 Å². The Labute approximate surface area is 148 Å². The van der Waals surface area contributed by atoms with Gasteiger partial charge >= 0.3 is 0 Å². The number of hydrogen-bond acceptors (Lipinski definition) is 3. The fourth-order valence-corrected chi connectivity index (χ4v) is 3.71. The highest BCUT2D eigenvalue weighted by Crippen LogP contribution is 2.44. The molecule has 0 aromatic carbocycles. The topological polar surface area (TPSA) is 46.1 Å². The molecule has 5 heteroatoms. The van der Waals surface area contributed by atoms with Gasteiger partial charge in [0.15, 0.2) is 5.96 Å². The van der Waals surface area contributed by atoms with Crippen LogP contribution in [0.2, 0.25) is 0 Å². The molecule has 24 heavy (non-hydrogen) atoms. The second-order valence-corrected chi connectivity index (χ2v) is 7.53. The largest absolute Gasteiger partial charge is 0.385 e. The van der Waals surface area contributed by atoms with Gasteiger partial charge in [-0.25, -0.2) is 0 Å². The van der Waals surface area contributed by atoms with Crippen molar-refractivity contribution >= 4 is 5.96 Å². The average Bonchev–Trinajstić information content (AvgIpc) is 2.58. The minimum absolute atomic E-state index is 0.387. The number of ether oxygens (including phenoxy) is 2. The van der Waals surface area contributed by atoms with Crippen LogP contribution in [0.4, 0.5) is 0 Å². The van der Waals surface area contributed by atoms with Gasteiger partial charge in [-0.1, -0.05) is 6.42 Å². The molecule has 0 bridgehead atoms. The van der Waals surface area contributed by atoms with Crippen LogP contribution in [0.1, 0.15) is 51.9 Å². The standard InChI is InChI=1S/C19H37N3O2/c1-4-20-18(21-16-19(9-5-10-19)11-15-23-3)22(2)12-6-17-7-13-24-14-8-17/h17H,4-16H2,1-3H3,(H,20,21). The van der Waals surface area contributed by atoms with E-state index >= 15 is 0 Å². The van der Waals surface area contributed by atoms with Crippen molar-refractivity contribution in [2.24, 2.45) is 16.3 Å². The van der Waals surface area contributed by atoms with Gasteiger partial charge in [-0.15, -0.1) is 0 Å². The fraction of sp³-hybridized carbons (Fsp3) is 0.947. The molecule has 0 aromatic rings. The van der Waals surface area contributed by atoms with Crippen LogP contribution in [0, 0.1) is 11.3 Å². The van der Waals surface area contributed by atoms with Crippen molar-refractivity contribution in [1.82, 2.24) is 10.2 Å². The zero-order valence-corrected chi connectivity index (χ0v) is 16.0. The Morgan fingerprint density at radius 2 is 2.08 bits per heavy atom. The van der Waals surface area contributed by atoms with Crippen LogP contribution in [-0.4, -0.2) is 64.5 Å². The lowest BCUT2D eigenvalue weighted by Gasteiger charge is -2.41. The molecule has 2 fully saturated rings. The lowest BCUT2D eigenvalue weighted by atomic mass is 9.67. The van der Waals surface area contributed by atoms with E-state index in [0.717, 1.165) is 57.8 Å². The van der Waals surface area contributed by atoms with Gasteiger partial charge in [0, 0.05) is 53.6 Å². The Morgan fingerprint density at radius 1 is 1.33 bits per heavy atom. The van der Waals surface area contributed by atoms with Crippen LogP contribution in [0.15, 0.2) is 4.99 Å². The third-order valence-electron chi connectivity index (χ3n) is 5.73. The number of nitrogens with one attached hydrogen (secondary N) is 1. The summed E-state index contributed by atoms with van der Waals surface area (Å²) in [7, 11) is 3.97. The Kier molecular flexibility index (Phi) is 8.33. The minimum atomic E-state index is 0.387. The maximum atomic E-state index is 5.46. The summed E-state index contributed by atoms with van der Waals surface area (Å²) in [6.45, 7) is 7.79. The molecule has 1 aliphatic carbocycles. The summed E-state index contributed by atoms with van der Waals surface area (Å²) in [4.78, 5) is 7.28. The van der Waals surface area contributed by atoms with Crippen molar-refractivity contribution in [3.05, 3.63) is 0 Å². The highest BCUT2D eigenvalue weighted by atomic mass is 16.5. The lowest BCUT2D eigenvalue weighted by molar-refractivity contribution is 0.0624. The molecule has 140 valence electrons. The van der Waals surface area contributed by atoms with Crippen molar-refractivity contribution in [3.63, 3.8) is 0 Å². The van der Waals surface area contributed by atoms with Crippen LogP contribution >= 0.6 is 0 Å². The molecule has 1 N–H and O–H groups in total. The summed E-state index contributed by atoms with van der Waals surface area (Å²) in [5.41, 5.74) is 0.387. The van der Waals surface area contributed by atoms with Crippen molar-refractivity contribution in [2.45, 2.75) is 51.9 Å². The third-order valence-corrected chi connectivity index (χ3v) is 5.73. The van der Waals surface area contributed by atoms with Crippen LogP contribution in [0.3, 0.4) is 0 Å². The van der Waals surface area contributed by atoms with Gasteiger partial charge in [-0.05, 0) is 56.8 Å². The molecule has 1 aliphatic heterocycles. The zero-order valence-electron chi connectivity index (χ0n) is 16.0. The van der Waals surface area contributed by atoms with Gasteiger partial charge in [0.2, 0.25) is 0 Å². The van der Waals surface area contributed by atoms with Gasteiger partial charge in [0.25, 0.3) is 0 Å². The summed E-state index contributed by atoms with van der Waals surface area (Å²) < 4.78 is 10.8. The van der Waals surface area contributed by atoms with Gasteiger partial charge in [0.05, 0.1) is 0 Å². The summed E-state index contributed by atoms with van der Waals surface area (Å²) in [6, 6.07) is 0. The molecule has 1 heterocycles. The summed E-state index contributed by atoms with van der Waals surface area (Å²) >= 11 is 0. The Bertz CT molecular complexity index is 377. The maximum Gasteiger partial charge on any atom is 0.193 e. The first-order valence-electron chi connectivity index (χ1n) is 9.75. The predicted octanol–water partition coefficient (Wildman–Crippen LogP) is 2.91. The summed E-state index contributed by atoms with van der Waals surface area (Å²) in [5, 5.41) is 3.47. The van der Waals surface area contributed by atoms with Crippen molar-refractivity contribution < 1.29 is 9.47 Å². The monoisotopic (exact) mass is 339 g/mol. The molecule has 0 amide bonds. The van der Waals surface area contributed by atoms with Gasteiger partial charge in [-0.2, -0.15) is 0 Å². The smallest absolute Gasteiger partial charge is 0.193 e. The van der Waals surface area contributed by atoms with E-state index in [9.17, 15) is 0 Å². The van der Waals surface area contributed by atoms with E-state index in [-0.39, 0.29) is 0 Å². The second kappa shape index (κ2) is 10.2. The molecule has 2 aliphatic rings. The molecular formula is C19H37N3O2. The van der Waals surface area contributed by atoms with Crippen molar-refractivity contribution in [1.29, 1.82) is 0 Å². The van der Waals surface area contributed by atoms with Crippen LogP contribution in [-0.2, 0) is 9.47 Å². The summed E-state index contributed by atoms with van der Waals surface area (Å²) in [6.07, 6.45) is 8.73. The van der Waals surface area contributed by atoms with Crippen LogP contribution in [0.25, 0.3) is 0 Å². The first kappa shape index (κ1) is 19.5. The first-order valence-corrected chi connectivity index (χ1v) is 9.75. The van der Waals surface area contributed by atoms with Crippen LogP contribution < -0.4 is 5.32 Å². The molecule has 0 spiro atoms. The van der Waals surface area contributed by atoms with E-state index in [1.165, 1.54) is 38.5 Å². The molecule has 1 saturated carbocycles. The normalized spacial score (nSPS) is 21.4. The highest BCUT2D eigenvalue weighted by molar-refractivity contribution is 5.79. The Morgan fingerprint density at radius 3 is 2.67 bits per heavy atom. The summed E-state index contributed by atoms with van der Waals surface area (Å²) in [5.74, 6) is 1.87. The average molecular weight is 340 g/mol. The van der Waals surface area contributed by atoms with E-state index in [4.69, 9.17) is 14.5 Å². The van der Waals surface area contributed by atoms with Gasteiger partial charge < -0.3 is 19.7 Å². The second-order valence-electron chi connectivity index (χ2n) is 7.53. The fourth-order valence-electron chi connectivity index (χ4n) is 3.71. The lowest BCUT2D eigenvalue weighted by Crippen LogP contribution is -2.42. The molecule has 1 saturated heterocycles. The molecule has 2 rings (SSSR count). The number of aliphatic imine (C=N–C) groups is 1. The molecule has 0 atom stereocenters. The van der Waals surface area contributed by atoms with E-state index in [0.29, 0.717) is 5.41 Å². The minimum Gasteiger partial charge on any atom is -0.385 e. The van der Waals surface area contributed by atoms with Crippen molar-refractivity contribution in [2.75, 3.05) is 53.6 Å². The van der Waals surface area contributed by atoms with Crippen LogP contribution in [0.5, 0.6) is 0 Å². The Balaban J connectivity index is 1.84. The zero-order chi connectivity index (χ0) is 17.3. The van der Waals surface area contributed by atoms with E-state index < -0.39 is 0 Å². The van der Waals surface area contributed by atoms with Gasteiger partial charge in [0.1, 0.15) is 0 Å². The maximum absolute atomic E-state index is 5.46. The van der Waals surface area contributed by atoms with Gasteiger partial charge in [-0.3, -0.25) is 4.99 Å². The molecule has 0 aromatic heterocycles.